The van der Waals surface area contributed by atoms with E-state index in [-0.39, 0.29) is 5.91 Å². The number of carbonyl (C=O) groups excluding carboxylic acids is 1. The Bertz CT molecular complexity index is 816. The normalized spacial score (nSPS) is 10.3. The van der Waals surface area contributed by atoms with Gasteiger partial charge in [-0.05, 0) is 29.4 Å². The van der Waals surface area contributed by atoms with Crippen LogP contribution in [0, 0.1) is 4.91 Å². The van der Waals surface area contributed by atoms with Crippen molar-refractivity contribution in [3.05, 3.63) is 71.4 Å². The Balaban J connectivity index is 2.02. The lowest BCUT2D eigenvalue weighted by molar-refractivity contribution is 0.102. The standard InChI is InChI=1S/C16H11N3O2/c20-16(11-7-9-17-10-8-11)18-14-5-6-15(19-21)13-4-2-1-3-12(13)14/h1-10H,(H,18,20). The van der Waals surface area contributed by atoms with Crippen molar-refractivity contribution < 1.29 is 4.79 Å². The molecular weight excluding hydrogens is 266 g/mol. The highest BCUT2D eigenvalue weighted by molar-refractivity contribution is 6.10. The van der Waals surface area contributed by atoms with E-state index in [0.29, 0.717) is 22.3 Å². The predicted molar refractivity (Wildman–Crippen MR) is 81.6 cm³/mol. The summed E-state index contributed by atoms with van der Waals surface area (Å²) in [5.41, 5.74) is 1.51. The van der Waals surface area contributed by atoms with Gasteiger partial charge >= 0.3 is 0 Å². The molecule has 3 aromatic rings. The lowest BCUT2D eigenvalue weighted by atomic mass is 10.1. The Morgan fingerprint density at radius 2 is 1.67 bits per heavy atom. The molecule has 1 aromatic heterocycles. The summed E-state index contributed by atoms with van der Waals surface area (Å²) >= 11 is 0. The summed E-state index contributed by atoms with van der Waals surface area (Å²) in [6, 6.07) is 13.9. The van der Waals surface area contributed by atoms with E-state index < -0.39 is 0 Å². The van der Waals surface area contributed by atoms with Crippen molar-refractivity contribution in [3.8, 4) is 0 Å². The van der Waals surface area contributed by atoms with Crippen molar-refractivity contribution in [1.82, 2.24) is 4.98 Å². The van der Waals surface area contributed by atoms with E-state index in [9.17, 15) is 9.70 Å². The van der Waals surface area contributed by atoms with Gasteiger partial charge in [0.25, 0.3) is 5.91 Å². The second kappa shape index (κ2) is 5.50. The number of amides is 1. The number of fused-ring (bicyclic) bond motifs is 1. The molecule has 21 heavy (non-hydrogen) atoms. The minimum atomic E-state index is -0.227. The second-order valence-electron chi connectivity index (χ2n) is 4.46. The van der Waals surface area contributed by atoms with Crippen LogP contribution in [-0.4, -0.2) is 10.9 Å². The topological polar surface area (TPSA) is 71.4 Å². The maximum absolute atomic E-state index is 12.2. The van der Waals surface area contributed by atoms with Gasteiger partial charge < -0.3 is 5.32 Å². The molecule has 0 radical (unpaired) electrons. The molecule has 0 spiro atoms. The van der Waals surface area contributed by atoms with Gasteiger partial charge in [0.15, 0.2) is 0 Å². The molecule has 1 heterocycles. The number of nitroso groups, excluding NO2 is 1. The smallest absolute Gasteiger partial charge is 0.255 e. The van der Waals surface area contributed by atoms with E-state index in [4.69, 9.17) is 0 Å². The number of rotatable bonds is 3. The molecule has 0 fully saturated rings. The summed E-state index contributed by atoms with van der Waals surface area (Å²) < 4.78 is 0. The largest absolute Gasteiger partial charge is 0.321 e. The van der Waals surface area contributed by atoms with Crippen LogP contribution < -0.4 is 5.32 Å². The van der Waals surface area contributed by atoms with Gasteiger partial charge in [-0.2, -0.15) is 0 Å². The Labute approximate surface area is 120 Å². The number of hydrogen-bond acceptors (Lipinski definition) is 4. The van der Waals surface area contributed by atoms with Gasteiger partial charge in [-0.15, -0.1) is 4.91 Å². The predicted octanol–water partition coefficient (Wildman–Crippen LogP) is 3.89. The third-order valence-corrected chi connectivity index (χ3v) is 3.19. The molecule has 5 heteroatoms. The summed E-state index contributed by atoms with van der Waals surface area (Å²) in [4.78, 5) is 26.9. The Morgan fingerprint density at radius 1 is 0.952 bits per heavy atom. The average molecular weight is 277 g/mol. The monoisotopic (exact) mass is 277 g/mol. The van der Waals surface area contributed by atoms with Gasteiger partial charge in [-0.25, -0.2) is 0 Å². The number of aromatic nitrogens is 1. The third kappa shape index (κ3) is 2.49. The number of hydrogen-bond donors (Lipinski definition) is 1. The van der Waals surface area contributed by atoms with E-state index in [1.54, 1.807) is 42.7 Å². The summed E-state index contributed by atoms with van der Waals surface area (Å²) in [7, 11) is 0. The first kappa shape index (κ1) is 12.9. The number of benzene rings is 2. The molecule has 0 saturated heterocycles. The zero-order valence-corrected chi connectivity index (χ0v) is 11.0. The van der Waals surface area contributed by atoms with Crippen molar-refractivity contribution >= 4 is 28.1 Å². The highest BCUT2D eigenvalue weighted by Crippen LogP contribution is 2.31. The number of carbonyl (C=O) groups is 1. The summed E-state index contributed by atoms with van der Waals surface area (Å²) in [6.45, 7) is 0. The number of anilines is 1. The van der Waals surface area contributed by atoms with Crippen molar-refractivity contribution in [3.63, 3.8) is 0 Å². The molecule has 0 aliphatic rings. The van der Waals surface area contributed by atoms with Gasteiger partial charge in [0, 0.05) is 34.4 Å². The highest BCUT2D eigenvalue weighted by atomic mass is 16.3. The molecular formula is C16H11N3O2. The first-order valence-electron chi connectivity index (χ1n) is 6.36. The molecule has 0 saturated carbocycles. The van der Waals surface area contributed by atoms with Crippen molar-refractivity contribution in [2.45, 2.75) is 0 Å². The molecule has 0 aliphatic carbocycles. The van der Waals surface area contributed by atoms with Crippen LogP contribution in [0.1, 0.15) is 10.4 Å². The number of nitrogens with one attached hydrogen (secondary N) is 1. The van der Waals surface area contributed by atoms with E-state index in [0.717, 1.165) is 5.39 Å². The van der Waals surface area contributed by atoms with Gasteiger partial charge in [0.1, 0.15) is 5.69 Å². The Kier molecular flexibility index (Phi) is 3.39. The number of nitrogens with zero attached hydrogens (tertiary/aromatic N) is 2. The molecule has 102 valence electrons. The fourth-order valence-electron chi connectivity index (χ4n) is 2.17. The van der Waals surface area contributed by atoms with Crippen LogP contribution in [0.2, 0.25) is 0 Å². The zero-order valence-electron chi connectivity index (χ0n) is 11.0. The number of pyridine rings is 1. The summed E-state index contributed by atoms with van der Waals surface area (Å²) in [5.74, 6) is -0.227. The highest BCUT2D eigenvalue weighted by Gasteiger charge is 2.10. The van der Waals surface area contributed by atoms with Crippen molar-refractivity contribution in [2.24, 2.45) is 5.18 Å². The van der Waals surface area contributed by atoms with Gasteiger partial charge in [-0.3, -0.25) is 9.78 Å². The lowest BCUT2D eigenvalue weighted by Gasteiger charge is -2.09. The maximum Gasteiger partial charge on any atom is 0.255 e. The molecule has 1 amide bonds. The Hall–Kier alpha value is -3.08. The second-order valence-corrected chi connectivity index (χ2v) is 4.46. The third-order valence-electron chi connectivity index (χ3n) is 3.19. The molecule has 0 unspecified atom stereocenters. The first-order chi connectivity index (χ1) is 10.3. The fraction of sp³-hybridized carbons (Fsp3) is 0. The minimum absolute atomic E-state index is 0.227. The zero-order chi connectivity index (χ0) is 14.7. The first-order valence-corrected chi connectivity index (χ1v) is 6.36. The van der Waals surface area contributed by atoms with Crippen LogP contribution in [-0.2, 0) is 0 Å². The van der Waals surface area contributed by atoms with Gasteiger partial charge in [0.05, 0.1) is 0 Å². The van der Waals surface area contributed by atoms with Gasteiger partial charge in [0.2, 0.25) is 0 Å². The summed E-state index contributed by atoms with van der Waals surface area (Å²) in [6.07, 6.45) is 3.12. The van der Waals surface area contributed by atoms with Gasteiger partial charge in [-0.1, -0.05) is 24.3 Å². The lowest BCUT2D eigenvalue weighted by Crippen LogP contribution is -2.12. The van der Waals surface area contributed by atoms with Crippen LogP contribution in [0.4, 0.5) is 11.4 Å². The van der Waals surface area contributed by atoms with Crippen molar-refractivity contribution in [2.75, 3.05) is 5.32 Å². The SMILES string of the molecule is O=Nc1ccc(NC(=O)c2ccncc2)c2ccccc12. The van der Waals surface area contributed by atoms with Crippen LogP contribution in [0.25, 0.3) is 10.8 Å². The van der Waals surface area contributed by atoms with E-state index >= 15 is 0 Å². The minimum Gasteiger partial charge on any atom is -0.321 e. The Morgan fingerprint density at radius 3 is 2.38 bits per heavy atom. The van der Waals surface area contributed by atoms with E-state index in [2.05, 4.69) is 15.5 Å². The van der Waals surface area contributed by atoms with Crippen LogP contribution >= 0.6 is 0 Å². The molecule has 1 N–H and O–H groups in total. The fourth-order valence-corrected chi connectivity index (χ4v) is 2.17. The molecule has 3 rings (SSSR count). The van der Waals surface area contributed by atoms with Crippen LogP contribution in [0.5, 0.6) is 0 Å². The maximum atomic E-state index is 12.2. The molecule has 5 nitrogen and oxygen atoms in total. The molecule has 0 bridgehead atoms. The average Bonchev–Trinajstić information content (AvgIpc) is 2.56. The van der Waals surface area contributed by atoms with E-state index in [1.165, 1.54) is 0 Å². The van der Waals surface area contributed by atoms with E-state index in [1.807, 2.05) is 18.2 Å². The van der Waals surface area contributed by atoms with Crippen LogP contribution in [0.15, 0.2) is 66.1 Å². The van der Waals surface area contributed by atoms with Crippen molar-refractivity contribution in [1.29, 1.82) is 0 Å². The molecule has 0 aliphatic heterocycles. The van der Waals surface area contributed by atoms with Crippen LogP contribution in [0.3, 0.4) is 0 Å². The summed E-state index contributed by atoms with van der Waals surface area (Å²) in [5, 5.41) is 7.33. The molecule has 0 atom stereocenters. The molecule has 2 aromatic carbocycles. The quantitative estimate of drug-likeness (QED) is 0.738.